The van der Waals surface area contributed by atoms with E-state index in [1.54, 1.807) is 14.1 Å². The molecule has 1 unspecified atom stereocenters. The third-order valence-electron chi connectivity index (χ3n) is 1.32. The molecule has 0 bridgehead atoms. The zero-order valence-electron chi connectivity index (χ0n) is 7.70. The number of rotatable bonds is 4. The van der Waals surface area contributed by atoms with Gasteiger partial charge in [-0.25, -0.2) is 4.79 Å². The van der Waals surface area contributed by atoms with E-state index in [4.69, 9.17) is 9.84 Å². The fraction of sp³-hybridized carbons (Fsp3) is 0.857. The summed E-state index contributed by atoms with van der Waals surface area (Å²) >= 11 is 0. The first-order chi connectivity index (χ1) is 5.61. The zero-order chi connectivity index (χ0) is 9.56. The lowest BCUT2D eigenvalue weighted by molar-refractivity contribution is 0.127. The minimum Gasteiger partial charge on any atom is -0.394 e. The Morgan fingerprint density at radius 1 is 1.67 bits per heavy atom. The van der Waals surface area contributed by atoms with E-state index in [2.05, 4.69) is 5.32 Å². The number of carbonyl (C=O) groups excluding carboxylic acids is 1. The van der Waals surface area contributed by atoms with Gasteiger partial charge in [-0.2, -0.15) is 0 Å². The number of aliphatic hydroxyl groups is 1. The van der Waals surface area contributed by atoms with Crippen LogP contribution in [0.15, 0.2) is 0 Å². The number of carbonyl (C=O) groups is 1. The van der Waals surface area contributed by atoms with Crippen LogP contribution >= 0.6 is 0 Å². The van der Waals surface area contributed by atoms with Gasteiger partial charge in [0.25, 0.3) is 0 Å². The third kappa shape index (κ3) is 4.15. The lowest BCUT2D eigenvalue weighted by atomic mass is 10.3. The van der Waals surface area contributed by atoms with Crippen LogP contribution in [0.5, 0.6) is 0 Å². The normalized spacial score (nSPS) is 12.3. The zero-order valence-corrected chi connectivity index (χ0v) is 7.70. The highest BCUT2D eigenvalue weighted by atomic mass is 16.5. The Kier molecular flexibility index (Phi) is 5.40. The number of urea groups is 1. The van der Waals surface area contributed by atoms with Crippen LogP contribution in [0.2, 0.25) is 0 Å². The van der Waals surface area contributed by atoms with Crippen LogP contribution in [-0.4, -0.2) is 56.5 Å². The molecule has 0 saturated heterocycles. The predicted molar refractivity (Wildman–Crippen MR) is 45.0 cm³/mol. The van der Waals surface area contributed by atoms with E-state index in [9.17, 15) is 4.79 Å². The molecule has 0 saturated carbocycles. The van der Waals surface area contributed by atoms with Gasteiger partial charge in [-0.05, 0) is 0 Å². The highest BCUT2D eigenvalue weighted by Crippen LogP contribution is 1.85. The van der Waals surface area contributed by atoms with Crippen LogP contribution in [0.25, 0.3) is 0 Å². The molecule has 0 aliphatic carbocycles. The molecular weight excluding hydrogens is 160 g/mol. The molecule has 2 N–H and O–H groups in total. The van der Waals surface area contributed by atoms with Crippen molar-refractivity contribution in [3.8, 4) is 0 Å². The van der Waals surface area contributed by atoms with Crippen molar-refractivity contribution >= 4 is 6.03 Å². The van der Waals surface area contributed by atoms with Gasteiger partial charge in [0.2, 0.25) is 0 Å². The predicted octanol–water partition coefficient (Wildman–Crippen LogP) is -0.735. The lowest BCUT2D eigenvalue weighted by Gasteiger charge is -2.18. The molecule has 0 aliphatic rings. The second-order valence-electron chi connectivity index (χ2n) is 2.68. The molecule has 0 heterocycles. The number of nitrogens with one attached hydrogen (secondary N) is 1. The Morgan fingerprint density at radius 2 is 2.25 bits per heavy atom. The minimum atomic E-state index is -0.329. The molecule has 0 radical (unpaired) electrons. The Labute approximate surface area is 72.3 Å². The Hall–Kier alpha value is -0.810. The van der Waals surface area contributed by atoms with Crippen molar-refractivity contribution in [3.63, 3.8) is 0 Å². The molecule has 0 spiro atoms. The van der Waals surface area contributed by atoms with Crippen LogP contribution in [0.4, 0.5) is 4.79 Å². The summed E-state index contributed by atoms with van der Waals surface area (Å²) in [5, 5.41) is 11.4. The summed E-state index contributed by atoms with van der Waals surface area (Å²) in [6, 6.07) is -0.559. The van der Waals surface area contributed by atoms with Gasteiger partial charge in [-0.15, -0.1) is 0 Å². The third-order valence-corrected chi connectivity index (χ3v) is 1.32. The standard InChI is InChI=1S/C7H16N2O3/c1-9(2)7(11)8-6(4-10)5-12-3/h6,10H,4-5H2,1-3H3,(H,8,11). The number of hydrogen-bond donors (Lipinski definition) is 2. The van der Waals surface area contributed by atoms with E-state index in [-0.39, 0.29) is 18.7 Å². The topological polar surface area (TPSA) is 61.8 Å². The molecule has 12 heavy (non-hydrogen) atoms. The molecule has 0 aromatic heterocycles. The molecule has 0 aliphatic heterocycles. The fourth-order valence-electron chi connectivity index (χ4n) is 0.645. The van der Waals surface area contributed by atoms with E-state index in [0.29, 0.717) is 6.61 Å². The monoisotopic (exact) mass is 176 g/mol. The number of nitrogens with zero attached hydrogens (tertiary/aromatic N) is 1. The lowest BCUT2D eigenvalue weighted by Crippen LogP contribution is -2.45. The van der Waals surface area contributed by atoms with Gasteiger partial charge >= 0.3 is 6.03 Å². The average molecular weight is 176 g/mol. The maximum absolute atomic E-state index is 11.0. The summed E-state index contributed by atoms with van der Waals surface area (Å²) in [5.41, 5.74) is 0. The molecule has 0 rings (SSSR count). The first kappa shape index (κ1) is 11.2. The average Bonchev–Trinajstić information content (AvgIpc) is 2.03. The number of ether oxygens (including phenoxy) is 1. The smallest absolute Gasteiger partial charge is 0.317 e. The van der Waals surface area contributed by atoms with Crippen LogP contribution in [-0.2, 0) is 4.74 Å². The Balaban J connectivity index is 3.77. The van der Waals surface area contributed by atoms with E-state index >= 15 is 0 Å². The Bertz CT molecular complexity index is 139. The SMILES string of the molecule is COCC(CO)NC(=O)N(C)C. The molecular formula is C7H16N2O3. The van der Waals surface area contributed by atoms with Crippen LogP contribution < -0.4 is 5.32 Å². The van der Waals surface area contributed by atoms with Crippen LogP contribution in [0.3, 0.4) is 0 Å². The highest BCUT2D eigenvalue weighted by Gasteiger charge is 2.11. The van der Waals surface area contributed by atoms with Crippen molar-refractivity contribution < 1.29 is 14.6 Å². The second-order valence-corrected chi connectivity index (χ2v) is 2.68. The summed E-state index contributed by atoms with van der Waals surface area (Å²) in [6.07, 6.45) is 0. The van der Waals surface area contributed by atoms with E-state index in [1.165, 1.54) is 12.0 Å². The van der Waals surface area contributed by atoms with Gasteiger partial charge in [0, 0.05) is 21.2 Å². The maximum atomic E-state index is 11.0. The van der Waals surface area contributed by atoms with Crippen molar-refractivity contribution in [1.82, 2.24) is 10.2 Å². The summed E-state index contributed by atoms with van der Waals surface area (Å²) in [5.74, 6) is 0. The van der Waals surface area contributed by atoms with E-state index in [0.717, 1.165) is 0 Å². The van der Waals surface area contributed by atoms with Crippen molar-refractivity contribution in [2.45, 2.75) is 6.04 Å². The van der Waals surface area contributed by atoms with Crippen molar-refractivity contribution in [2.24, 2.45) is 0 Å². The van der Waals surface area contributed by atoms with Crippen molar-refractivity contribution in [3.05, 3.63) is 0 Å². The van der Waals surface area contributed by atoms with Gasteiger partial charge in [0.15, 0.2) is 0 Å². The number of hydrogen-bond acceptors (Lipinski definition) is 3. The van der Waals surface area contributed by atoms with Crippen LogP contribution in [0.1, 0.15) is 0 Å². The van der Waals surface area contributed by atoms with E-state index in [1.807, 2.05) is 0 Å². The summed E-state index contributed by atoms with van der Waals surface area (Å²) < 4.78 is 4.78. The summed E-state index contributed by atoms with van der Waals surface area (Å²) in [7, 11) is 4.79. The molecule has 1 atom stereocenters. The van der Waals surface area contributed by atoms with Crippen LogP contribution in [0, 0.1) is 0 Å². The highest BCUT2D eigenvalue weighted by molar-refractivity contribution is 5.73. The first-order valence-corrected chi connectivity index (χ1v) is 3.69. The molecule has 0 aromatic carbocycles. The summed E-state index contributed by atoms with van der Waals surface area (Å²) in [6.45, 7) is 0.198. The molecule has 0 aromatic rings. The molecule has 72 valence electrons. The van der Waals surface area contributed by atoms with Gasteiger partial charge in [0.1, 0.15) is 0 Å². The van der Waals surface area contributed by atoms with Gasteiger partial charge < -0.3 is 20.1 Å². The number of amides is 2. The second kappa shape index (κ2) is 5.79. The molecule has 5 heteroatoms. The quantitative estimate of drug-likeness (QED) is 0.593. The summed E-state index contributed by atoms with van der Waals surface area (Å²) in [4.78, 5) is 12.4. The van der Waals surface area contributed by atoms with Gasteiger partial charge in [-0.1, -0.05) is 0 Å². The molecule has 0 fully saturated rings. The van der Waals surface area contributed by atoms with Crippen molar-refractivity contribution in [2.75, 3.05) is 34.4 Å². The fourth-order valence-corrected chi connectivity index (χ4v) is 0.645. The van der Waals surface area contributed by atoms with E-state index < -0.39 is 0 Å². The minimum absolute atomic E-state index is 0.118. The maximum Gasteiger partial charge on any atom is 0.317 e. The number of aliphatic hydroxyl groups excluding tert-OH is 1. The number of methoxy groups -OCH3 is 1. The van der Waals surface area contributed by atoms with Crippen molar-refractivity contribution in [1.29, 1.82) is 0 Å². The molecule has 2 amide bonds. The Morgan fingerprint density at radius 3 is 2.58 bits per heavy atom. The largest absolute Gasteiger partial charge is 0.394 e. The van der Waals surface area contributed by atoms with Gasteiger partial charge in [0.05, 0.1) is 19.3 Å². The van der Waals surface area contributed by atoms with Gasteiger partial charge in [-0.3, -0.25) is 0 Å². The molecule has 5 nitrogen and oxygen atoms in total. The first-order valence-electron chi connectivity index (χ1n) is 3.69.